The molecule has 2 aromatic carbocycles. The van der Waals surface area contributed by atoms with Gasteiger partial charge in [0.05, 0.1) is 11.3 Å². The highest BCUT2D eigenvalue weighted by molar-refractivity contribution is 14.1. The molecule has 0 saturated heterocycles. The van der Waals surface area contributed by atoms with Crippen LogP contribution in [0.25, 0.3) is 11.3 Å². The van der Waals surface area contributed by atoms with Gasteiger partial charge in [0, 0.05) is 26.4 Å². The quantitative estimate of drug-likeness (QED) is 0.366. The zero-order chi connectivity index (χ0) is 19.4. The predicted octanol–water partition coefficient (Wildman–Crippen LogP) is 7.40. The minimum atomic E-state index is -0.615. The van der Waals surface area contributed by atoms with Crippen molar-refractivity contribution in [2.45, 2.75) is 13.8 Å². The molecule has 0 aliphatic carbocycles. The van der Waals surface area contributed by atoms with Gasteiger partial charge in [-0.15, -0.1) is 0 Å². The monoisotopic (exact) mass is 529 g/mol. The van der Waals surface area contributed by atoms with E-state index < -0.39 is 11.6 Å². The fourth-order valence-electron chi connectivity index (χ4n) is 2.66. The molecule has 1 aliphatic rings. The summed E-state index contributed by atoms with van der Waals surface area (Å²) in [6.45, 7) is 8.02. The minimum Gasteiger partial charge on any atom is -0.343 e. The van der Waals surface area contributed by atoms with Crippen LogP contribution in [0.5, 0.6) is 0 Å². The van der Waals surface area contributed by atoms with Crippen molar-refractivity contribution in [1.29, 1.82) is 0 Å². The van der Waals surface area contributed by atoms with Crippen molar-refractivity contribution in [3.05, 3.63) is 91.6 Å². The molecule has 0 spiro atoms. The number of hydrogen-bond acceptors (Lipinski definition) is 1. The van der Waals surface area contributed by atoms with Gasteiger partial charge in [0.15, 0.2) is 0 Å². The van der Waals surface area contributed by atoms with Gasteiger partial charge >= 0.3 is 0 Å². The Hall–Kier alpha value is -1.47. The SMILES string of the molecule is C=C1C(I)=CC(c2ccccc2)=C(c2c(F)cc(Br)cc2F)N1C.CC. The summed E-state index contributed by atoms with van der Waals surface area (Å²) in [5, 5.41) is 0. The molecule has 3 rings (SSSR count). The summed E-state index contributed by atoms with van der Waals surface area (Å²) in [7, 11) is 1.77. The van der Waals surface area contributed by atoms with Gasteiger partial charge < -0.3 is 4.90 Å². The first kappa shape index (κ1) is 20.8. The van der Waals surface area contributed by atoms with Crippen LogP contribution in [0.15, 0.2) is 68.9 Å². The summed E-state index contributed by atoms with van der Waals surface area (Å²) in [5.41, 5.74) is 2.76. The number of nitrogens with zero attached hydrogens (tertiary/aromatic N) is 1. The van der Waals surface area contributed by atoms with Crippen molar-refractivity contribution in [2.75, 3.05) is 7.05 Å². The minimum absolute atomic E-state index is 0.0548. The Balaban J connectivity index is 0.00000117. The zero-order valence-electron chi connectivity index (χ0n) is 14.8. The molecule has 26 heavy (non-hydrogen) atoms. The fraction of sp³-hybridized carbons (Fsp3) is 0.143. The van der Waals surface area contributed by atoms with E-state index in [9.17, 15) is 8.78 Å². The summed E-state index contributed by atoms with van der Waals surface area (Å²) in [6, 6.07) is 12.1. The molecule has 1 nitrogen and oxygen atoms in total. The third-order valence-corrected chi connectivity index (χ3v) is 5.26. The number of allylic oxidation sites excluding steroid dienone is 3. The lowest BCUT2D eigenvalue weighted by atomic mass is 9.94. The maximum absolute atomic E-state index is 14.6. The third-order valence-electron chi connectivity index (χ3n) is 3.87. The van der Waals surface area contributed by atoms with E-state index in [-0.39, 0.29) is 5.56 Å². The first-order valence-corrected chi connectivity index (χ1v) is 10.0. The molecule has 1 aliphatic heterocycles. The number of rotatable bonds is 2. The lowest BCUT2D eigenvalue weighted by Crippen LogP contribution is -2.21. The van der Waals surface area contributed by atoms with Crippen molar-refractivity contribution < 1.29 is 8.78 Å². The van der Waals surface area contributed by atoms with E-state index in [1.54, 1.807) is 11.9 Å². The van der Waals surface area contributed by atoms with E-state index in [0.717, 1.165) is 14.7 Å². The third kappa shape index (κ3) is 4.09. The molecule has 5 heteroatoms. The predicted molar refractivity (Wildman–Crippen MR) is 118 cm³/mol. The number of benzene rings is 2. The number of hydrogen-bond donors (Lipinski definition) is 0. The molecule has 0 atom stereocenters. The summed E-state index contributed by atoms with van der Waals surface area (Å²) in [6.07, 6.45) is 1.91. The molecule has 0 unspecified atom stereocenters. The van der Waals surface area contributed by atoms with E-state index in [1.165, 1.54) is 12.1 Å². The molecule has 0 aromatic heterocycles. The highest BCUT2D eigenvalue weighted by atomic mass is 127. The smallest absolute Gasteiger partial charge is 0.136 e. The van der Waals surface area contributed by atoms with Gasteiger partial charge in [0.1, 0.15) is 11.6 Å². The largest absolute Gasteiger partial charge is 0.343 e. The summed E-state index contributed by atoms with van der Waals surface area (Å²) < 4.78 is 30.5. The molecule has 136 valence electrons. The first-order valence-electron chi connectivity index (χ1n) is 8.15. The first-order chi connectivity index (χ1) is 12.4. The summed E-state index contributed by atoms with van der Waals surface area (Å²) in [5.74, 6) is -1.23. The molecule has 2 aromatic rings. The standard InChI is InChI=1S/C19H13BrF2IN.C2H6/c1-11-17(23)10-14(12-6-4-3-5-7-12)19(24(11)2)18-15(21)8-13(20)9-16(18)22;1-2/h3-10H,1H2,2H3;1-2H3. The van der Waals surface area contributed by atoms with Gasteiger partial charge in [-0.05, 0) is 46.4 Å². The van der Waals surface area contributed by atoms with Crippen LogP contribution >= 0.6 is 38.5 Å². The van der Waals surface area contributed by atoms with Crippen molar-refractivity contribution in [1.82, 2.24) is 4.90 Å². The van der Waals surface area contributed by atoms with E-state index in [1.807, 2.05) is 50.3 Å². The Labute approximate surface area is 175 Å². The Kier molecular flexibility index (Phi) is 7.17. The van der Waals surface area contributed by atoms with E-state index >= 15 is 0 Å². The van der Waals surface area contributed by atoms with Crippen LogP contribution in [0.4, 0.5) is 8.78 Å². The highest BCUT2D eigenvalue weighted by Gasteiger charge is 2.27. The van der Waals surface area contributed by atoms with Gasteiger partial charge in [-0.25, -0.2) is 8.78 Å². The van der Waals surface area contributed by atoms with Crippen LogP contribution in [0.1, 0.15) is 25.0 Å². The Morgan fingerprint density at radius 1 is 1.04 bits per heavy atom. The van der Waals surface area contributed by atoms with Crippen molar-refractivity contribution >= 4 is 49.8 Å². The Morgan fingerprint density at radius 2 is 1.58 bits per heavy atom. The number of halogens is 4. The topological polar surface area (TPSA) is 3.24 Å². The maximum atomic E-state index is 14.6. The zero-order valence-corrected chi connectivity index (χ0v) is 18.5. The van der Waals surface area contributed by atoms with Gasteiger partial charge in [-0.2, -0.15) is 0 Å². The molecule has 0 saturated carbocycles. The molecular formula is C21H19BrF2IN. The van der Waals surface area contributed by atoms with Crippen LogP contribution in [0.3, 0.4) is 0 Å². The van der Waals surface area contributed by atoms with Gasteiger partial charge in [0.25, 0.3) is 0 Å². The van der Waals surface area contributed by atoms with Crippen LogP contribution in [0.2, 0.25) is 0 Å². The van der Waals surface area contributed by atoms with Crippen molar-refractivity contribution in [2.24, 2.45) is 0 Å². The summed E-state index contributed by atoms with van der Waals surface area (Å²) >= 11 is 5.31. The second-order valence-electron chi connectivity index (χ2n) is 5.37. The van der Waals surface area contributed by atoms with E-state index in [4.69, 9.17) is 0 Å². The average molecular weight is 530 g/mol. The molecule has 0 N–H and O–H groups in total. The van der Waals surface area contributed by atoms with Crippen LogP contribution in [-0.4, -0.2) is 11.9 Å². The second-order valence-corrected chi connectivity index (χ2v) is 7.45. The average Bonchev–Trinajstić information content (AvgIpc) is 2.63. The maximum Gasteiger partial charge on any atom is 0.136 e. The summed E-state index contributed by atoms with van der Waals surface area (Å²) in [4.78, 5) is 1.74. The molecule has 0 radical (unpaired) electrons. The van der Waals surface area contributed by atoms with Crippen LogP contribution in [-0.2, 0) is 0 Å². The Morgan fingerprint density at radius 3 is 2.12 bits per heavy atom. The van der Waals surface area contributed by atoms with Crippen molar-refractivity contribution in [3.63, 3.8) is 0 Å². The van der Waals surface area contributed by atoms with Crippen molar-refractivity contribution in [3.8, 4) is 0 Å². The fourth-order valence-corrected chi connectivity index (χ4v) is 3.74. The lowest BCUT2D eigenvalue weighted by molar-refractivity contribution is 0.550. The Bertz CT molecular complexity index is 865. The van der Waals surface area contributed by atoms with Gasteiger partial charge in [-0.3, -0.25) is 0 Å². The van der Waals surface area contributed by atoms with E-state index in [2.05, 4.69) is 45.1 Å². The molecular weight excluding hydrogens is 511 g/mol. The molecule has 0 bridgehead atoms. The lowest BCUT2D eigenvalue weighted by Gasteiger charge is -2.31. The number of likely N-dealkylation sites (N-methyl/N-ethyl adjacent to an activating group) is 1. The normalized spacial score (nSPS) is 14.0. The second kappa shape index (κ2) is 8.95. The van der Waals surface area contributed by atoms with Gasteiger partial charge in [0.2, 0.25) is 0 Å². The van der Waals surface area contributed by atoms with Gasteiger partial charge in [-0.1, -0.05) is 66.7 Å². The molecule has 0 amide bonds. The highest BCUT2D eigenvalue weighted by Crippen LogP contribution is 2.42. The van der Waals surface area contributed by atoms with Crippen LogP contribution < -0.4 is 0 Å². The molecule has 1 heterocycles. The van der Waals surface area contributed by atoms with Crippen LogP contribution in [0, 0.1) is 11.6 Å². The molecule has 0 fully saturated rings. The van der Waals surface area contributed by atoms with E-state index in [0.29, 0.717) is 15.9 Å².